The van der Waals surface area contributed by atoms with Crippen LogP contribution in [0, 0.1) is 5.82 Å². The van der Waals surface area contributed by atoms with Crippen molar-refractivity contribution < 1.29 is 12.8 Å². The lowest BCUT2D eigenvalue weighted by atomic mass is 10.3. The number of anilines is 1. The minimum absolute atomic E-state index is 0.224. The van der Waals surface area contributed by atoms with E-state index in [1.165, 1.54) is 12.1 Å². The normalized spacial score (nSPS) is 12.1. The van der Waals surface area contributed by atoms with Gasteiger partial charge in [0, 0.05) is 6.54 Å². The van der Waals surface area contributed by atoms with Gasteiger partial charge in [-0.3, -0.25) is 0 Å². The van der Waals surface area contributed by atoms with Crippen LogP contribution in [0.5, 0.6) is 0 Å². The Morgan fingerprint density at radius 3 is 2.82 bits per heavy atom. The fourth-order valence-electron chi connectivity index (χ4n) is 1.27. The summed E-state index contributed by atoms with van der Waals surface area (Å²) in [6.07, 6.45) is 4.23. The van der Waals surface area contributed by atoms with E-state index in [1.54, 1.807) is 0 Å². The highest BCUT2D eigenvalue weighted by Crippen LogP contribution is 2.20. The number of hydrogen-bond acceptors (Lipinski definition) is 3. The molecular formula is C11H15FN2O2S. The lowest BCUT2D eigenvalue weighted by Gasteiger charge is -2.08. The maximum atomic E-state index is 13.1. The highest BCUT2D eigenvalue weighted by atomic mass is 32.2. The van der Waals surface area contributed by atoms with Gasteiger partial charge in [0.1, 0.15) is 10.7 Å². The van der Waals surface area contributed by atoms with Crippen LogP contribution in [0.25, 0.3) is 0 Å². The van der Waals surface area contributed by atoms with Gasteiger partial charge in [-0.25, -0.2) is 17.5 Å². The molecule has 0 aliphatic carbocycles. The molecule has 4 nitrogen and oxygen atoms in total. The van der Waals surface area contributed by atoms with Crippen molar-refractivity contribution >= 4 is 15.7 Å². The van der Waals surface area contributed by atoms with Gasteiger partial charge in [-0.05, 0) is 25.5 Å². The van der Waals surface area contributed by atoms with Gasteiger partial charge < -0.3 is 5.73 Å². The zero-order chi connectivity index (χ0) is 12.9. The van der Waals surface area contributed by atoms with E-state index in [9.17, 15) is 12.8 Å². The van der Waals surface area contributed by atoms with Crippen LogP contribution >= 0.6 is 0 Å². The molecule has 17 heavy (non-hydrogen) atoms. The summed E-state index contributed by atoms with van der Waals surface area (Å²) in [4.78, 5) is -0.224. The standard InChI is InChI=1S/C11H15FN2O2S/c1-2-3-4-8-14-17(15,16)10-7-5-6-9(12)11(10)13/h2-3,5-7,14H,4,8,13H2,1H3/b3-2+. The summed E-state index contributed by atoms with van der Waals surface area (Å²) >= 11 is 0. The smallest absolute Gasteiger partial charge is 0.242 e. The maximum Gasteiger partial charge on any atom is 0.242 e. The van der Waals surface area contributed by atoms with Crippen molar-refractivity contribution in [3.8, 4) is 0 Å². The highest BCUT2D eigenvalue weighted by Gasteiger charge is 2.18. The zero-order valence-electron chi connectivity index (χ0n) is 9.48. The van der Waals surface area contributed by atoms with Gasteiger partial charge in [-0.1, -0.05) is 18.2 Å². The van der Waals surface area contributed by atoms with Crippen molar-refractivity contribution in [2.24, 2.45) is 0 Å². The van der Waals surface area contributed by atoms with Gasteiger partial charge in [0.05, 0.1) is 5.69 Å². The third-order valence-electron chi connectivity index (χ3n) is 2.14. The molecule has 94 valence electrons. The van der Waals surface area contributed by atoms with E-state index in [0.29, 0.717) is 6.42 Å². The third kappa shape index (κ3) is 3.54. The van der Waals surface area contributed by atoms with Gasteiger partial charge in [-0.15, -0.1) is 0 Å². The Morgan fingerprint density at radius 1 is 1.47 bits per heavy atom. The van der Waals surface area contributed by atoms with Gasteiger partial charge in [0.15, 0.2) is 0 Å². The second-order valence-electron chi connectivity index (χ2n) is 3.41. The fraction of sp³-hybridized carbons (Fsp3) is 0.273. The van der Waals surface area contributed by atoms with Gasteiger partial charge in [-0.2, -0.15) is 0 Å². The predicted molar refractivity (Wildman–Crippen MR) is 65.4 cm³/mol. The Kier molecular flexibility index (Phi) is 4.65. The summed E-state index contributed by atoms with van der Waals surface area (Å²) in [5.41, 5.74) is 5.04. The molecule has 6 heteroatoms. The molecule has 0 radical (unpaired) electrons. The molecule has 1 rings (SSSR count). The largest absolute Gasteiger partial charge is 0.395 e. The Morgan fingerprint density at radius 2 is 2.18 bits per heavy atom. The van der Waals surface area contributed by atoms with Crippen LogP contribution in [0.2, 0.25) is 0 Å². The Bertz CT molecular complexity index is 512. The van der Waals surface area contributed by atoms with E-state index >= 15 is 0 Å². The van der Waals surface area contributed by atoms with E-state index < -0.39 is 15.8 Å². The summed E-state index contributed by atoms with van der Waals surface area (Å²) in [6, 6.07) is 3.71. The molecular weight excluding hydrogens is 243 g/mol. The SMILES string of the molecule is C/C=C/CCNS(=O)(=O)c1cccc(F)c1N. The van der Waals surface area contributed by atoms with E-state index in [1.807, 2.05) is 19.1 Å². The third-order valence-corrected chi connectivity index (χ3v) is 3.66. The molecule has 0 saturated heterocycles. The average molecular weight is 258 g/mol. The van der Waals surface area contributed by atoms with Gasteiger partial charge in [0.25, 0.3) is 0 Å². The second kappa shape index (κ2) is 5.79. The van der Waals surface area contributed by atoms with Gasteiger partial charge in [0.2, 0.25) is 10.0 Å². The van der Waals surface area contributed by atoms with Crippen LogP contribution in [-0.4, -0.2) is 15.0 Å². The number of hydrogen-bond donors (Lipinski definition) is 2. The zero-order valence-corrected chi connectivity index (χ0v) is 10.3. The van der Waals surface area contributed by atoms with Crippen LogP contribution < -0.4 is 10.5 Å². The molecule has 0 aliphatic heterocycles. The molecule has 0 aromatic heterocycles. The van der Waals surface area contributed by atoms with Crippen LogP contribution in [0.3, 0.4) is 0 Å². The van der Waals surface area contributed by atoms with Crippen molar-refractivity contribution in [3.63, 3.8) is 0 Å². The minimum Gasteiger partial charge on any atom is -0.395 e. The van der Waals surface area contributed by atoms with Crippen LogP contribution in [0.4, 0.5) is 10.1 Å². The van der Waals surface area contributed by atoms with Crippen LogP contribution in [0.15, 0.2) is 35.2 Å². The lowest BCUT2D eigenvalue weighted by molar-refractivity contribution is 0.579. The van der Waals surface area contributed by atoms with Crippen molar-refractivity contribution in [1.29, 1.82) is 0 Å². The molecule has 1 aromatic carbocycles. The molecule has 0 fully saturated rings. The average Bonchev–Trinajstić information content (AvgIpc) is 2.28. The molecule has 0 bridgehead atoms. The summed E-state index contributed by atoms with van der Waals surface area (Å²) in [7, 11) is -3.74. The molecule has 3 N–H and O–H groups in total. The number of para-hydroxylation sites is 1. The molecule has 1 aromatic rings. The second-order valence-corrected chi connectivity index (χ2v) is 5.14. The molecule has 0 heterocycles. The minimum atomic E-state index is -3.74. The van der Waals surface area contributed by atoms with Crippen molar-refractivity contribution in [2.45, 2.75) is 18.2 Å². The topological polar surface area (TPSA) is 72.2 Å². The van der Waals surface area contributed by atoms with Crippen LogP contribution in [0.1, 0.15) is 13.3 Å². The van der Waals surface area contributed by atoms with Gasteiger partial charge >= 0.3 is 0 Å². The molecule has 0 unspecified atom stereocenters. The maximum absolute atomic E-state index is 13.1. The van der Waals surface area contributed by atoms with Crippen molar-refractivity contribution in [2.75, 3.05) is 12.3 Å². The molecule has 0 aliphatic rings. The molecule has 0 saturated carbocycles. The number of nitrogens with two attached hydrogens (primary N) is 1. The molecule has 0 spiro atoms. The number of allylic oxidation sites excluding steroid dienone is 1. The molecule has 0 atom stereocenters. The fourth-order valence-corrected chi connectivity index (χ4v) is 2.46. The van der Waals surface area contributed by atoms with E-state index in [0.717, 1.165) is 6.07 Å². The number of nitrogen functional groups attached to an aromatic ring is 1. The summed E-state index contributed by atoms with van der Waals surface area (Å²) in [5, 5.41) is 0. The van der Waals surface area contributed by atoms with E-state index in [4.69, 9.17) is 5.73 Å². The number of halogens is 1. The van der Waals surface area contributed by atoms with Crippen LogP contribution in [-0.2, 0) is 10.0 Å². The monoisotopic (exact) mass is 258 g/mol. The summed E-state index contributed by atoms with van der Waals surface area (Å²) < 4.78 is 39.0. The number of nitrogens with one attached hydrogen (secondary N) is 1. The summed E-state index contributed by atoms with van der Waals surface area (Å²) in [6.45, 7) is 2.10. The number of sulfonamides is 1. The number of benzene rings is 1. The first-order chi connectivity index (χ1) is 7.99. The Balaban J connectivity index is 2.86. The lowest BCUT2D eigenvalue weighted by Crippen LogP contribution is -2.25. The quantitative estimate of drug-likeness (QED) is 0.479. The van der Waals surface area contributed by atoms with Crippen molar-refractivity contribution in [3.05, 3.63) is 36.2 Å². The summed E-state index contributed by atoms with van der Waals surface area (Å²) in [5.74, 6) is -0.735. The first-order valence-corrected chi connectivity index (χ1v) is 6.62. The first-order valence-electron chi connectivity index (χ1n) is 5.14. The first kappa shape index (κ1) is 13.7. The van der Waals surface area contributed by atoms with E-state index in [2.05, 4.69) is 4.72 Å². The highest BCUT2D eigenvalue weighted by molar-refractivity contribution is 7.89. The molecule has 0 amide bonds. The van der Waals surface area contributed by atoms with Crippen molar-refractivity contribution in [1.82, 2.24) is 4.72 Å². The van der Waals surface area contributed by atoms with E-state index in [-0.39, 0.29) is 17.1 Å². The Labute approximate surface area is 100 Å². The Hall–Kier alpha value is -1.40. The predicted octanol–water partition coefficient (Wildman–Crippen LogP) is 1.65. The number of rotatable bonds is 5.